The van der Waals surface area contributed by atoms with E-state index in [-0.39, 0.29) is 23.5 Å². The third-order valence-electron chi connectivity index (χ3n) is 3.50. The number of anilines is 2. The average molecular weight is 325 g/mol. The van der Waals surface area contributed by atoms with Crippen LogP contribution in [0.4, 0.5) is 17.5 Å². The van der Waals surface area contributed by atoms with Crippen LogP contribution in [0.3, 0.4) is 0 Å². The SMILES string of the molecule is CC(Nc1ncc([N+](=O)[O-])c(N)n1)c1ccc(-n2cccn2)cc1. The van der Waals surface area contributed by atoms with Crippen LogP contribution in [0.5, 0.6) is 0 Å². The number of rotatable bonds is 5. The van der Waals surface area contributed by atoms with E-state index in [9.17, 15) is 10.1 Å². The summed E-state index contributed by atoms with van der Waals surface area (Å²) >= 11 is 0. The Morgan fingerprint density at radius 1 is 1.33 bits per heavy atom. The number of hydrogen-bond donors (Lipinski definition) is 2. The third kappa shape index (κ3) is 3.14. The molecule has 9 nitrogen and oxygen atoms in total. The fourth-order valence-corrected chi connectivity index (χ4v) is 2.21. The lowest BCUT2D eigenvalue weighted by Gasteiger charge is -2.14. The van der Waals surface area contributed by atoms with Crippen molar-refractivity contribution in [1.29, 1.82) is 0 Å². The molecule has 3 N–H and O–H groups in total. The molecule has 2 aromatic heterocycles. The topological polar surface area (TPSA) is 125 Å². The van der Waals surface area contributed by atoms with Gasteiger partial charge in [-0.2, -0.15) is 10.1 Å². The van der Waals surface area contributed by atoms with Crippen LogP contribution >= 0.6 is 0 Å². The molecule has 3 rings (SSSR count). The maximum absolute atomic E-state index is 10.7. The Balaban J connectivity index is 1.74. The van der Waals surface area contributed by atoms with Gasteiger partial charge in [-0.25, -0.2) is 9.67 Å². The summed E-state index contributed by atoms with van der Waals surface area (Å²) in [4.78, 5) is 18.0. The number of benzene rings is 1. The molecule has 0 radical (unpaired) electrons. The summed E-state index contributed by atoms with van der Waals surface area (Å²) in [6.07, 6.45) is 4.68. The van der Waals surface area contributed by atoms with Gasteiger partial charge in [0.25, 0.3) is 0 Å². The fourth-order valence-electron chi connectivity index (χ4n) is 2.21. The van der Waals surface area contributed by atoms with Crippen molar-refractivity contribution in [2.45, 2.75) is 13.0 Å². The van der Waals surface area contributed by atoms with Gasteiger partial charge in [-0.15, -0.1) is 0 Å². The molecule has 1 aromatic carbocycles. The first-order chi connectivity index (χ1) is 11.5. The second-order valence-corrected chi connectivity index (χ2v) is 5.13. The number of nitrogen functional groups attached to an aromatic ring is 1. The number of aromatic nitrogens is 4. The van der Waals surface area contributed by atoms with Gasteiger partial charge in [0.2, 0.25) is 11.8 Å². The lowest BCUT2D eigenvalue weighted by Crippen LogP contribution is -2.11. The zero-order chi connectivity index (χ0) is 17.1. The molecule has 1 unspecified atom stereocenters. The van der Waals surface area contributed by atoms with Crippen molar-refractivity contribution in [2.24, 2.45) is 0 Å². The maximum atomic E-state index is 10.7. The minimum atomic E-state index is -0.615. The normalized spacial score (nSPS) is 11.9. The van der Waals surface area contributed by atoms with Gasteiger partial charge in [0.1, 0.15) is 6.20 Å². The summed E-state index contributed by atoms with van der Waals surface area (Å²) < 4.78 is 1.77. The van der Waals surface area contributed by atoms with Crippen molar-refractivity contribution in [1.82, 2.24) is 19.7 Å². The predicted molar refractivity (Wildman–Crippen MR) is 88.7 cm³/mol. The summed E-state index contributed by atoms with van der Waals surface area (Å²) in [7, 11) is 0. The lowest BCUT2D eigenvalue weighted by molar-refractivity contribution is -0.384. The van der Waals surface area contributed by atoms with Gasteiger partial charge in [-0.3, -0.25) is 10.1 Å². The zero-order valence-electron chi connectivity index (χ0n) is 12.8. The van der Waals surface area contributed by atoms with E-state index in [1.54, 1.807) is 10.9 Å². The molecule has 122 valence electrons. The molecule has 0 saturated carbocycles. The first-order valence-electron chi connectivity index (χ1n) is 7.18. The Kier molecular flexibility index (Phi) is 4.06. The summed E-state index contributed by atoms with van der Waals surface area (Å²) in [5, 5.41) is 18.0. The molecule has 24 heavy (non-hydrogen) atoms. The first-order valence-corrected chi connectivity index (χ1v) is 7.18. The highest BCUT2D eigenvalue weighted by Crippen LogP contribution is 2.22. The highest BCUT2D eigenvalue weighted by molar-refractivity contribution is 5.53. The molecular weight excluding hydrogens is 310 g/mol. The number of nitrogens with one attached hydrogen (secondary N) is 1. The Hall–Kier alpha value is -3.49. The van der Waals surface area contributed by atoms with Crippen molar-refractivity contribution in [3.05, 3.63) is 64.6 Å². The molecule has 0 bridgehead atoms. The van der Waals surface area contributed by atoms with E-state index in [4.69, 9.17) is 5.73 Å². The highest BCUT2D eigenvalue weighted by Gasteiger charge is 2.15. The van der Waals surface area contributed by atoms with E-state index < -0.39 is 4.92 Å². The van der Waals surface area contributed by atoms with Gasteiger partial charge in [-0.05, 0) is 30.7 Å². The van der Waals surface area contributed by atoms with Crippen molar-refractivity contribution in [2.75, 3.05) is 11.1 Å². The number of nitro groups is 1. The molecule has 0 fully saturated rings. The number of nitrogens with two attached hydrogens (primary N) is 1. The third-order valence-corrected chi connectivity index (χ3v) is 3.50. The monoisotopic (exact) mass is 325 g/mol. The molecule has 0 aliphatic heterocycles. The van der Waals surface area contributed by atoms with Crippen LogP contribution in [0.2, 0.25) is 0 Å². The smallest absolute Gasteiger partial charge is 0.329 e. The van der Waals surface area contributed by atoms with Crippen LogP contribution in [0.1, 0.15) is 18.5 Å². The number of nitrogens with zero attached hydrogens (tertiary/aromatic N) is 5. The van der Waals surface area contributed by atoms with Gasteiger partial charge in [0, 0.05) is 12.4 Å². The molecule has 0 aliphatic carbocycles. The number of hydrogen-bond acceptors (Lipinski definition) is 7. The maximum Gasteiger partial charge on any atom is 0.329 e. The molecule has 9 heteroatoms. The van der Waals surface area contributed by atoms with Gasteiger partial charge in [0.15, 0.2) is 0 Å². The minimum Gasteiger partial charge on any atom is -0.378 e. The minimum absolute atomic E-state index is 0.0995. The highest BCUT2D eigenvalue weighted by atomic mass is 16.6. The standard InChI is InChI=1S/C15H15N7O2/c1-10(19-15-17-9-13(22(23)24)14(16)20-15)11-3-5-12(6-4-11)21-8-2-7-18-21/h2-10H,1H3,(H3,16,17,19,20). The Bertz CT molecular complexity index is 847. The van der Waals surface area contributed by atoms with Gasteiger partial charge in [0.05, 0.1) is 16.7 Å². The lowest BCUT2D eigenvalue weighted by atomic mass is 10.1. The van der Waals surface area contributed by atoms with E-state index in [1.807, 2.05) is 43.5 Å². The Labute approximate surface area is 137 Å². The van der Waals surface area contributed by atoms with E-state index in [0.717, 1.165) is 17.4 Å². The molecule has 1 atom stereocenters. The van der Waals surface area contributed by atoms with E-state index >= 15 is 0 Å². The van der Waals surface area contributed by atoms with E-state index in [2.05, 4.69) is 20.4 Å². The summed E-state index contributed by atoms with van der Waals surface area (Å²) in [6.45, 7) is 1.93. The Morgan fingerprint density at radius 2 is 2.08 bits per heavy atom. The van der Waals surface area contributed by atoms with Crippen LogP contribution in [-0.2, 0) is 0 Å². The van der Waals surface area contributed by atoms with E-state index in [1.165, 1.54) is 0 Å². The van der Waals surface area contributed by atoms with Crippen molar-refractivity contribution in [3.63, 3.8) is 0 Å². The Morgan fingerprint density at radius 3 is 2.67 bits per heavy atom. The molecule has 0 aliphatic rings. The van der Waals surface area contributed by atoms with Crippen LogP contribution in [-0.4, -0.2) is 24.7 Å². The summed E-state index contributed by atoms with van der Waals surface area (Å²) in [5.74, 6) is 0.0699. The first kappa shape index (κ1) is 15.4. The molecule has 0 spiro atoms. The van der Waals surface area contributed by atoms with Crippen LogP contribution in [0.15, 0.2) is 48.9 Å². The van der Waals surface area contributed by atoms with Crippen molar-refractivity contribution in [3.8, 4) is 5.69 Å². The second-order valence-electron chi connectivity index (χ2n) is 5.13. The van der Waals surface area contributed by atoms with Gasteiger partial charge >= 0.3 is 5.69 Å². The molecule has 2 heterocycles. The molecule has 0 saturated heterocycles. The van der Waals surface area contributed by atoms with Gasteiger partial charge in [-0.1, -0.05) is 12.1 Å². The van der Waals surface area contributed by atoms with E-state index in [0.29, 0.717) is 0 Å². The largest absolute Gasteiger partial charge is 0.378 e. The van der Waals surface area contributed by atoms with Gasteiger partial charge < -0.3 is 11.1 Å². The molecule has 3 aromatic rings. The van der Waals surface area contributed by atoms with Crippen molar-refractivity contribution < 1.29 is 4.92 Å². The summed E-state index contributed by atoms with van der Waals surface area (Å²) in [5.41, 5.74) is 7.22. The van der Waals surface area contributed by atoms with Crippen LogP contribution < -0.4 is 11.1 Å². The zero-order valence-corrected chi connectivity index (χ0v) is 12.8. The predicted octanol–water partition coefficient (Wildman–Crippen LogP) is 2.33. The molecule has 0 amide bonds. The fraction of sp³-hybridized carbons (Fsp3) is 0.133. The van der Waals surface area contributed by atoms with Crippen LogP contribution in [0, 0.1) is 10.1 Å². The van der Waals surface area contributed by atoms with Crippen LogP contribution in [0.25, 0.3) is 5.69 Å². The summed E-state index contributed by atoms with van der Waals surface area (Å²) in [6, 6.07) is 9.58. The second kappa shape index (κ2) is 6.32. The quantitative estimate of drug-likeness (QED) is 0.544. The average Bonchev–Trinajstić information content (AvgIpc) is 3.09. The van der Waals surface area contributed by atoms with Crippen molar-refractivity contribution >= 4 is 17.5 Å². The molecular formula is C15H15N7O2.